The van der Waals surface area contributed by atoms with Crippen LogP contribution < -0.4 is 0 Å². The van der Waals surface area contributed by atoms with Crippen molar-refractivity contribution >= 4 is 35.0 Å². The Morgan fingerprint density at radius 3 is 2.71 bits per heavy atom. The predicted molar refractivity (Wildman–Crippen MR) is 78.4 cm³/mol. The minimum absolute atomic E-state index is 0.370. The molecular weight excluding hydrogens is 275 g/mol. The fourth-order valence-electron chi connectivity index (χ4n) is 1.41. The number of halogens is 2. The second kappa shape index (κ2) is 7.52. The first-order chi connectivity index (χ1) is 8.02. The van der Waals surface area contributed by atoms with E-state index in [0.29, 0.717) is 21.7 Å². The van der Waals surface area contributed by atoms with Gasteiger partial charge in [0.25, 0.3) is 0 Å². The van der Waals surface area contributed by atoms with E-state index in [9.17, 15) is 5.11 Å². The highest BCUT2D eigenvalue weighted by atomic mass is 35.5. The minimum atomic E-state index is -0.370. The fraction of sp³-hybridized carbons (Fsp3) is 0.538. The first-order valence-corrected chi connectivity index (χ1v) is 7.57. The van der Waals surface area contributed by atoms with E-state index in [4.69, 9.17) is 23.2 Å². The van der Waals surface area contributed by atoms with Gasteiger partial charge < -0.3 is 5.11 Å². The van der Waals surface area contributed by atoms with E-state index in [1.165, 1.54) is 0 Å². The normalized spacial score (nSPS) is 14.6. The number of rotatable bonds is 6. The van der Waals surface area contributed by atoms with E-state index >= 15 is 0 Å². The Hall–Kier alpha value is 0.110. The number of thioether (sulfide) groups is 1. The minimum Gasteiger partial charge on any atom is -0.392 e. The summed E-state index contributed by atoms with van der Waals surface area (Å²) in [5, 5.41) is 11.8. The van der Waals surface area contributed by atoms with Gasteiger partial charge in [0.1, 0.15) is 0 Å². The predicted octanol–water partition coefficient (Wildman–Crippen LogP) is 4.43. The molecule has 2 unspecified atom stereocenters. The molecule has 1 nitrogen and oxygen atoms in total. The van der Waals surface area contributed by atoms with Crippen LogP contribution in [0, 0.1) is 0 Å². The van der Waals surface area contributed by atoms with Crippen LogP contribution in [0.2, 0.25) is 10.0 Å². The molecule has 17 heavy (non-hydrogen) atoms. The Bertz CT molecular complexity index is 357. The van der Waals surface area contributed by atoms with Crippen LogP contribution in [-0.4, -0.2) is 22.2 Å². The summed E-state index contributed by atoms with van der Waals surface area (Å²) < 4.78 is 0. The summed E-state index contributed by atoms with van der Waals surface area (Å²) in [7, 11) is 0. The number of aliphatic hydroxyl groups excluding tert-OH is 1. The topological polar surface area (TPSA) is 20.2 Å². The third kappa shape index (κ3) is 5.52. The van der Waals surface area contributed by atoms with Crippen LogP contribution in [-0.2, 0) is 6.42 Å². The summed E-state index contributed by atoms with van der Waals surface area (Å²) in [5.41, 5.74) is 0.913. The Kier molecular flexibility index (Phi) is 6.71. The second-order valence-electron chi connectivity index (χ2n) is 4.15. The van der Waals surface area contributed by atoms with Crippen LogP contribution in [0.25, 0.3) is 0 Å². The van der Waals surface area contributed by atoms with Crippen molar-refractivity contribution in [3.63, 3.8) is 0 Å². The van der Waals surface area contributed by atoms with Crippen molar-refractivity contribution in [2.24, 2.45) is 0 Å². The quantitative estimate of drug-likeness (QED) is 0.837. The van der Waals surface area contributed by atoms with Gasteiger partial charge in [0, 0.05) is 27.5 Å². The Labute approximate surface area is 118 Å². The summed E-state index contributed by atoms with van der Waals surface area (Å²) >= 11 is 13.7. The SMILES string of the molecule is CCC(C)SCC(O)Cc1cc(Cl)ccc1Cl. The molecule has 1 aromatic carbocycles. The lowest BCUT2D eigenvalue weighted by molar-refractivity contribution is 0.200. The van der Waals surface area contributed by atoms with Gasteiger partial charge in [0.05, 0.1) is 6.10 Å². The first kappa shape index (κ1) is 15.2. The molecule has 4 heteroatoms. The van der Waals surface area contributed by atoms with E-state index in [-0.39, 0.29) is 6.10 Å². The zero-order valence-corrected chi connectivity index (χ0v) is 12.4. The molecule has 0 radical (unpaired) electrons. The van der Waals surface area contributed by atoms with Crippen molar-refractivity contribution < 1.29 is 5.11 Å². The average Bonchev–Trinajstić information content (AvgIpc) is 2.30. The maximum atomic E-state index is 9.94. The van der Waals surface area contributed by atoms with Crippen LogP contribution in [0.1, 0.15) is 25.8 Å². The van der Waals surface area contributed by atoms with E-state index in [1.807, 2.05) is 6.07 Å². The van der Waals surface area contributed by atoms with Crippen molar-refractivity contribution in [2.75, 3.05) is 5.75 Å². The molecule has 0 heterocycles. The largest absolute Gasteiger partial charge is 0.392 e. The Morgan fingerprint density at radius 2 is 2.06 bits per heavy atom. The zero-order valence-electron chi connectivity index (χ0n) is 10.1. The molecule has 1 rings (SSSR count). The van der Waals surface area contributed by atoms with Gasteiger partial charge in [-0.1, -0.05) is 37.0 Å². The van der Waals surface area contributed by atoms with Gasteiger partial charge in [-0.15, -0.1) is 0 Å². The van der Waals surface area contributed by atoms with Gasteiger partial charge in [0.15, 0.2) is 0 Å². The summed E-state index contributed by atoms with van der Waals surface area (Å²) in [6.45, 7) is 4.32. The number of aliphatic hydroxyl groups is 1. The number of benzene rings is 1. The molecule has 0 aromatic heterocycles. The maximum Gasteiger partial charge on any atom is 0.0671 e. The molecule has 96 valence electrons. The summed E-state index contributed by atoms with van der Waals surface area (Å²) in [6.07, 6.45) is 1.31. The van der Waals surface area contributed by atoms with E-state index < -0.39 is 0 Å². The molecule has 0 aliphatic heterocycles. The lowest BCUT2D eigenvalue weighted by Gasteiger charge is -2.14. The molecule has 0 saturated carbocycles. The monoisotopic (exact) mass is 292 g/mol. The standard InChI is InChI=1S/C13H18Cl2OS/c1-3-9(2)17-8-12(16)7-10-6-11(14)4-5-13(10)15/h4-6,9,12,16H,3,7-8H2,1-2H3. The van der Waals surface area contributed by atoms with Crippen molar-refractivity contribution in [1.29, 1.82) is 0 Å². The van der Waals surface area contributed by atoms with Gasteiger partial charge in [-0.2, -0.15) is 11.8 Å². The van der Waals surface area contributed by atoms with Crippen LogP contribution in [0.3, 0.4) is 0 Å². The van der Waals surface area contributed by atoms with Crippen LogP contribution in [0.4, 0.5) is 0 Å². The average molecular weight is 293 g/mol. The molecule has 0 amide bonds. The smallest absolute Gasteiger partial charge is 0.0671 e. The molecule has 0 aliphatic carbocycles. The molecule has 0 bridgehead atoms. The van der Waals surface area contributed by atoms with Crippen LogP contribution in [0.5, 0.6) is 0 Å². The van der Waals surface area contributed by atoms with Gasteiger partial charge >= 0.3 is 0 Å². The van der Waals surface area contributed by atoms with Crippen molar-refractivity contribution in [3.05, 3.63) is 33.8 Å². The van der Waals surface area contributed by atoms with E-state index in [2.05, 4.69) is 13.8 Å². The highest BCUT2D eigenvalue weighted by Crippen LogP contribution is 2.23. The highest BCUT2D eigenvalue weighted by Gasteiger charge is 2.11. The van der Waals surface area contributed by atoms with Crippen LogP contribution >= 0.6 is 35.0 Å². The molecule has 1 N–H and O–H groups in total. The summed E-state index contributed by atoms with van der Waals surface area (Å²) in [6, 6.07) is 5.35. The third-order valence-electron chi connectivity index (χ3n) is 2.61. The number of hydrogen-bond donors (Lipinski definition) is 1. The molecule has 2 atom stereocenters. The molecule has 0 saturated heterocycles. The number of hydrogen-bond acceptors (Lipinski definition) is 2. The van der Waals surface area contributed by atoms with Gasteiger partial charge in [0.2, 0.25) is 0 Å². The molecule has 0 fully saturated rings. The third-order valence-corrected chi connectivity index (χ3v) is 4.69. The van der Waals surface area contributed by atoms with E-state index in [1.54, 1.807) is 23.9 Å². The zero-order chi connectivity index (χ0) is 12.8. The molecule has 1 aromatic rings. The van der Waals surface area contributed by atoms with Gasteiger partial charge in [-0.3, -0.25) is 0 Å². The molecular formula is C13H18Cl2OS. The maximum absolute atomic E-state index is 9.94. The lowest BCUT2D eigenvalue weighted by Crippen LogP contribution is -2.15. The first-order valence-electron chi connectivity index (χ1n) is 5.76. The Morgan fingerprint density at radius 1 is 1.35 bits per heavy atom. The molecule has 0 spiro atoms. The highest BCUT2D eigenvalue weighted by molar-refractivity contribution is 7.99. The summed E-state index contributed by atoms with van der Waals surface area (Å²) in [4.78, 5) is 0. The van der Waals surface area contributed by atoms with Gasteiger partial charge in [-0.25, -0.2) is 0 Å². The fourth-order valence-corrected chi connectivity index (χ4v) is 2.70. The lowest BCUT2D eigenvalue weighted by atomic mass is 10.1. The van der Waals surface area contributed by atoms with Crippen LogP contribution in [0.15, 0.2) is 18.2 Å². The Balaban J connectivity index is 2.50. The summed E-state index contributed by atoms with van der Waals surface area (Å²) in [5.74, 6) is 0.734. The molecule has 0 aliphatic rings. The van der Waals surface area contributed by atoms with Crippen molar-refractivity contribution in [1.82, 2.24) is 0 Å². The van der Waals surface area contributed by atoms with E-state index in [0.717, 1.165) is 17.7 Å². The van der Waals surface area contributed by atoms with Crippen molar-refractivity contribution in [3.8, 4) is 0 Å². The van der Waals surface area contributed by atoms with Gasteiger partial charge in [-0.05, 0) is 30.2 Å². The second-order valence-corrected chi connectivity index (χ2v) is 6.46. The van der Waals surface area contributed by atoms with Crippen molar-refractivity contribution in [2.45, 2.75) is 38.0 Å².